The molecule has 0 saturated carbocycles. The first kappa shape index (κ1) is 18.9. The Labute approximate surface area is 157 Å². The van der Waals surface area contributed by atoms with Crippen LogP contribution < -0.4 is 4.74 Å². The Morgan fingerprint density at radius 3 is 2.41 bits per heavy atom. The highest BCUT2D eigenvalue weighted by molar-refractivity contribution is 5.86. The summed E-state index contributed by atoms with van der Waals surface area (Å²) in [5.74, 6) is -2.52. The van der Waals surface area contributed by atoms with Crippen molar-refractivity contribution >= 4 is 11.9 Å². The van der Waals surface area contributed by atoms with Crippen molar-refractivity contribution in [2.45, 2.75) is 19.1 Å². The summed E-state index contributed by atoms with van der Waals surface area (Å²) in [6.45, 7) is 1.87. The second kappa shape index (κ2) is 8.22. The lowest BCUT2D eigenvalue weighted by Crippen LogP contribution is -2.31. The molecule has 0 radical (unpaired) electrons. The lowest BCUT2D eigenvalue weighted by Gasteiger charge is -2.23. The van der Waals surface area contributed by atoms with Gasteiger partial charge in [-0.1, -0.05) is 42.5 Å². The molecule has 0 aliphatic carbocycles. The van der Waals surface area contributed by atoms with E-state index in [9.17, 15) is 14.7 Å². The van der Waals surface area contributed by atoms with Gasteiger partial charge in [0.25, 0.3) is 0 Å². The molecule has 3 rings (SSSR count). The van der Waals surface area contributed by atoms with Crippen LogP contribution in [0.3, 0.4) is 0 Å². The van der Waals surface area contributed by atoms with Crippen LogP contribution in [0, 0.1) is 11.8 Å². The smallest absolute Gasteiger partial charge is 0.314 e. The summed E-state index contributed by atoms with van der Waals surface area (Å²) in [4.78, 5) is 25.3. The number of methoxy groups -OCH3 is 1. The van der Waals surface area contributed by atoms with Crippen LogP contribution in [0.15, 0.2) is 54.6 Å². The van der Waals surface area contributed by atoms with Gasteiger partial charge in [-0.3, -0.25) is 9.59 Å². The van der Waals surface area contributed by atoms with Gasteiger partial charge >= 0.3 is 11.9 Å². The third-order valence-electron chi connectivity index (χ3n) is 4.71. The molecule has 1 aliphatic heterocycles. The van der Waals surface area contributed by atoms with Crippen molar-refractivity contribution in [1.82, 2.24) is 0 Å². The van der Waals surface area contributed by atoms with Gasteiger partial charge in [0.15, 0.2) is 0 Å². The molecule has 27 heavy (non-hydrogen) atoms. The molecule has 1 aliphatic rings. The highest BCUT2D eigenvalue weighted by Crippen LogP contribution is 2.45. The quantitative estimate of drug-likeness (QED) is 0.788. The largest absolute Gasteiger partial charge is 0.497 e. The van der Waals surface area contributed by atoms with Crippen LogP contribution in [0.1, 0.15) is 30.3 Å². The molecule has 2 aromatic rings. The number of aliphatic hydroxyl groups is 1. The molecule has 4 atom stereocenters. The molecule has 0 amide bonds. The number of carbonyl (C=O) groups is 2. The van der Waals surface area contributed by atoms with Crippen LogP contribution in [0.5, 0.6) is 5.75 Å². The first-order chi connectivity index (χ1) is 13.1. The summed E-state index contributed by atoms with van der Waals surface area (Å²) in [5, 5.41) is 10.8. The zero-order valence-corrected chi connectivity index (χ0v) is 15.2. The van der Waals surface area contributed by atoms with Gasteiger partial charge in [0.05, 0.1) is 19.8 Å². The van der Waals surface area contributed by atoms with Gasteiger partial charge in [0, 0.05) is 0 Å². The molecule has 0 aromatic heterocycles. The van der Waals surface area contributed by atoms with Gasteiger partial charge in [-0.2, -0.15) is 0 Å². The van der Waals surface area contributed by atoms with Crippen molar-refractivity contribution in [2.24, 2.45) is 11.8 Å². The minimum absolute atomic E-state index is 0.174. The van der Waals surface area contributed by atoms with E-state index in [4.69, 9.17) is 14.2 Å². The van der Waals surface area contributed by atoms with Crippen LogP contribution in [0.2, 0.25) is 0 Å². The van der Waals surface area contributed by atoms with Gasteiger partial charge in [0.1, 0.15) is 23.7 Å². The highest BCUT2D eigenvalue weighted by atomic mass is 16.6. The third kappa shape index (κ3) is 3.80. The maximum atomic E-state index is 12.7. The molecular weight excluding hydrogens is 348 g/mol. The maximum Gasteiger partial charge on any atom is 0.314 e. The van der Waals surface area contributed by atoms with Crippen LogP contribution in [0.25, 0.3) is 0 Å². The first-order valence-corrected chi connectivity index (χ1v) is 8.81. The van der Waals surface area contributed by atoms with E-state index < -0.39 is 36.0 Å². The fourth-order valence-electron chi connectivity index (χ4n) is 3.37. The molecule has 2 aromatic carbocycles. The standard InChI is InChI=1S/C21H22O6/c1-3-26-20(23)17-16(18(22)13-7-5-4-6-8-13)21(24)27-19(17)14-9-11-15(25-2)12-10-14/h4-12,16-19,22H,3H2,1-2H3/t16-,17+,18+,19+/m1/s1. The lowest BCUT2D eigenvalue weighted by molar-refractivity contribution is -0.153. The van der Waals surface area contributed by atoms with Crippen LogP contribution >= 0.6 is 0 Å². The van der Waals surface area contributed by atoms with Crippen molar-refractivity contribution in [3.05, 3.63) is 65.7 Å². The summed E-state index contributed by atoms with van der Waals surface area (Å²) >= 11 is 0. The van der Waals surface area contributed by atoms with Gasteiger partial charge < -0.3 is 19.3 Å². The van der Waals surface area contributed by atoms with Crippen molar-refractivity contribution in [3.8, 4) is 5.75 Å². The van der Waals surface area contributed by atoms with Gasteiger partial charge in [-0.05, 0) is 30.2 Å². The summed E-state index contributed by atoms with van der Waals surface area (Å²) < 4.78 is 15.8. The van der Waals surface area contributed by atoms with Crippen molar-refractivity contribution in [2.75, 3.05) is 13.7 Å². The molecular formula is C21H22O6. The highest BCUT2D eigenvalue weighted by Gasteiger charge is 2.53. The van der Waals surface area contributed by atoms with Gasteiger partial charge in [-0.15, -0.1) is 0 Å². The minimum atomic E-state index is -1.17. The molecule has 142 valence electrons. The molecule has 0 bridgehead atoms. The number of rotatable bonds is 6. The van der Waals surface area contributed by atoms with Crippen molar-refractivity contribution in [3.63, 3.8) is 0 Å². The molecule has 1 fully saturated rings. The lowest BCUT2D eigenvalue weighted by atomic mass is 9.81. The number of esters is 2. The number of ether oxygens (including phenoxy) is 3. The number of carbonyl (C=O) groups excluding carboxylic acids is 2. The number of benzene rings is 2. The second-order valence-corrected chi connectivity index (χ2v) is 6.29. The Hall–Kier alpha value is -2.86. The number of hydrogen-bond acceptors (Lipinski definition) is 6. The van der Waals surface area contributed by atoms with E-state index in [1.165, 1.54) is 0 Å². The minimum Gasteiger partial charge on any atom is -0.497 e. The summed E-state index contributed by atoms with van der Waals surface area (Å²) in [5.41, 5.74) is 1.19. The van der Waals surface area contributed by atoms with Crippen LogP contribution in [-0.4, -0.2) is 30.8 Å². The number of hydrogen-bond donors (Lipinski definition) is 1. The van der Waals surface area contributed by atoms with E-state index in [1.54, 1.807) is 62.6 Å². The normalized spacial score (nSPS) is 22.8. The molecule has 1 heterocycles. The molecule has 0 unspecified atom stereocenters. The molecule has 1 saturated heterocycles. The Morgan fingerprint density at radius 2 is 1.81 bits per heavy atom. The summed E-state index contributed by atoms with van der Waals surface area (Å²) in [6.07, 6.45) is -2.00. The fourth-order valence-corrected chi connectivity index (χ4v) is 3.37. The summed E-state index contributed by atoms with van der Waals surface area (Å²) in [7, 11) is 1.55. The monoisotopic (exact) mass is 370 g/mol. The maximum absolute atomic E-state index is 12.7. The van der Waals surface area contributed by atoms with E-state index in [2.05, 4.69) is 0 Å². The van der Waals surface area contributed by atoms with Crippen molar-refractivity contribution in [1.29, 1.82) is 0 Å². The average molecular weight is 370 g/mol. The first-order valence-electron chi connectivity index (χ1n) is 8.81. The van der Waals surface area contributed by atoms with Crippen molar-refractivity contribution < 1.29 is 28.9 Å². The number of cyclic esters (lactones) is 1. The van der Waals surface area contributed by atoms with Crippen LogP contribution in [-0.2, 0) is 19.1 Å². The number of aliphatic hydroxyl groups excluding tert-OH is 1. The van der Waals surface area contributed by atoms with Gasteiger partial charge in [-0.25, -0.2) is 0 Å². The molecule has 6 nitrogen and oxygen atoms in total. The predicted molar refractivity (Wildman–Crippen MR) is 96.8 cm³/mol. The zero-order chi connectivity index (χ0) is 19.4. The second-order valence-electron chi connectivity index (χ2n) is 6.29. The summed E-state index contributed by atoms with van der Waals surface area (Å²) in [6, 6.07) is 15.7. The third-order valence-corrected chi connectivity index (χ3v) is 4.71. The molecule has 0 spiro atoms. The van der Waals surface area contributed by atoms with E-state index in [1.807, 2.05) is 6.07 Å². The zero-order valence-electron chi connectivity index (χ0n) is 15.2. The fraction of sp³-hybridized carbons (Fsp3) is 0.333. The Balaban J connectivity index is 1.96. The van der Waals surface area contributed by atoms with E-state index in [-0.39, 0.29) is 6.61 Å². The Kier molecular flexibility index (Phi) is 5.76. The average Bonchev–Trinajstić information content (AvgIpc) is 3.05. The SMILES string of the molecule is CCOC(=O)[C@H]1[C@H]([C@@H](O)c2ccccc2)C(=O)O[C@H]1c1ccc(OC)cc1. The topological polar surface area (TPSA) is 82.1 Å². The van der Waals surface area contributed by atoms with Gasteiger partial charge in [0.2, 0.25) is 0 Å². The Bertz CT molecular complexity index is 786. The molecule has 6 heteroatoms. The van der Waals surface area contributed by atoms with E-state index in [0.29, 0.717) is 16.9 Å². The Morgan fingerprint density at radius 1 is 1.15 bits per heavy atom. The van der Waals surface area contributed by atoms with E-state index in [0.717, 1.165) is 0 Å². The molecule has 1 N–H and O–H groups in total. The van der Waals surface area contributed by atoms with E-state index >= 15 is 0 Å². The van der Waals surface area contributed by atoms with Crippen LogP contribution in [0.4, 0.5) is 0 Å². The predicted octanol–water partition coefficient (Wildman–Crippen LogP) is 2.82.